The lowest BCUT2D eigenvalue weighted by Crippen LogP contribution is -1.89. The van der Waals surface area contributed by atoms with Gasteiger partial charge in [-0.1, -0.05) is 24.2 Å². The van der Waals surface area contributed by atoms with E-state index in [4.69, 9.17) is 4.52 Å². The summed E-state index contributed by atoms with van der Waals surface area (Å²) in [5.74, 6) is 1.06. The number of hydrogen-bond acceptors (Lipinski definition) is 5. The molecule has 1 N–H and O–H groups in total. The van der Waals surface area contributed by atoms with E-state index in [1.807, 2.05) is 26.2 Å². The Hall–Kier alpha value is -2.63. The Morgan fingerprint density at radius 2 is 2.20 bits per heavy atom. The highest BCUT2D eigenvalue weighted by molar-refractivity contribution is 5.61. The van der Waals surface area contributed by atoms with Gasteiger partial charge in [-0.15, -0.1) is 0 Å². The van der Waals surface area contributed by atoms with E-state index < -0.39 is 0 Å². The fourth-order valence-corrected chi connectivity index (χ4v) is 2.07. The van der Waals surface area contributed by atoms with Gasteiger partial charge in [-0.05, 0) is 18.6 Å². The lowest BCUT2D eigenvalue weighted by atomic mass is 10.2. The molecule has 20 heavy (non-hydrogen) atoms. The van der Waals surface area contributed by atoms with Crippen LogP contribution in [0.1, 0.15) is 12.6 Å². The molecular formula is C14H14N4O2. The monoisotopic (exact) mass is 270 g/mol. The maximum atomic E-state index is 9.48. The summed E-state index contributed by atoms with van der Waals surface area (Å²) in [6.45, 7) is 2.03. The van der Waals surface area contributed by atoms with E-state index in [1.165, 1.54) is 0 Å². The molecule has 0 fully saturated rings. The normalized spacial score (nSPS) is 10.9. The van der Waals surface area contributed by atoms with Crippen molar-refractivity contribution in [3.8, 4) is 28.6 Å². The number of hydrogen-bond donors (Lipinski definition) is 1. The molecule has 3 rings (SSSR count). The Balaban J connectivity index is 2.02. The van der Waals surface area contributed by atoms with Crippen LogP contribution < -0.4 is 0 Å². The van der Waals surface area contributed by atoms with Crippen molar-refractivity contribution in [1.29, 1.82) is 0 Å². The van der Waals surface area contributed by atoms with Crippen LogP contribution in [0.5, 0.6) is 5.75 Å². The second kappa shape index (κ2) is 4.80. The Morgan fingerprint density at radius 3 is 2.95 bits per heavy atom. The van der Waals surface area contributed by atoms with Crippen LogP contribution >= 0.6 is 0 Å². The lowest BCUT2D eigenvalue weighted by Gasteiger charge is -1.94. The number of phenols is 1. The van der Waals surface area contributed by atoms with E-state index in [1.54, 1.807) is 22.9 Å². The zero-order chi connectivity index (χ0) is 14.1. The summed E-state index contributed by atoms with van der Waals surface area (Å²) >= 11 is 0. The number of phenolic OH excluding ortho intramolecular Hbond substituents is 1. The van der Waals surface area contributed by atoms with E-state index in [0.717, 1.165) is 17.7 Å². The third-order valence-corrected chi connectivity index (χ3v) is 3.00. The van der Waals surface area contributed by atoms with Crippen molar-refractivity contribution in [3.05, 3.63) is 36.2 Å². The van der Waals surface area contributed by atoms with Gasteiger partial charge in [0, 0.05) is 18.8 Å². The highest BCUT2D eigenvalue weighted by atomic mass is 16.5. The molecule has 0 spiro atoms. The number of benzene rings is 1. The van der Waals surface area contributed by atoms with Crippen LogP contribution in [0.3, 0.4) is 0 Å². The van der Waals surface area contributed by atoms with Gasteiger partial charge in [0.2, 0.25) is 5.82 Å². The van der Waals surface area contributed by atoms with Gasteiger partial charge in [0.25, 0.3) is 5.89 Å². The number of aromatic nitrogens is 4. The topological polar surface area (TPSA) is 77.0 Å². The highest BCUT2D eigenvalue weighted by Crippen LogP contribution is 2.26. The molecule has 2 aromatic heterocycles. The predicted molar refractivity (Wildman–Crippen MR) is 73.0 cm³/mol. The van der Waals surface area contributed by atoms with Gasteiger partial charge in [0.1, 0.15) is 5.75 Å². The zero-order valence-corrected chi connectivity index (χ0v) is 11.2. The smallest absolute Gasteiger partial charge is 0.261 e. The highest BCUT2D eigenvalue weighted by Gasteiger charge is 2.16. The molecular weight excluding hydrogens is 256 g/mol. The minimum atomic E-state index is 0.171. The van der Waals surface area contributed by atoms with Gasteiger partial charge in [-0.2, -0.15) is 10.1 Å². The van der Waals surface area contributed by atoms with E-state index in [2.05, 4.69) is 15.2 Å². The Labute approximate surface area is 115 Å². The fourth-order valence-electron chi connectivity index (χ4n) is 2.07. The van der Waals surface area contributed by atoms with Crippen molar-refractivity contribution >= 4 is 0 Å². The molecule has 0 atom stereocenters. The Morgan fingerprint density at radius 1 is 1.35 bits per heavy atom. The minimum Gasteiger partial charge on any atom is -0.508 e. The van der Waals surface area contributed by atoms with Gasteiger partial charge < -0.3 is 9.63 Å². The molecule has 0 unspecified atom stereocenters. The summed E-state index contributed by atoms with van der Waals surface area (Å²) in [6.07, 6.45) is 2.65. The molecule has 0 saturated carbocycles. The number of rotatable bonds is 3. The summed E-state index contributed by atoms with van der Waals surface area (Å²) in [7, 11) is 1.86. The number of aromatic hydroxyl groups is 1. The van der Waals surface area contributed by atoms with Crippen LogP contribution in [0.25, 0.3) is 22.8 Å². The standard InChI is InChI=1S/C14H14N4O2/c1-3-12-11(8-18(2)16-12)14-15-13(17-20-14)9-5-4-6-10(19)7-9/h4-8,19H,3H2,1-2H3. The summed E-state index contributed by atoms with van der Waals surface area (Å²) in [5, 5.41) is 17.8. The molecule has 0 saturated heterocycles. The van der Waals surface area contributed by atoms with Gasteiger partial charge in [0.05, 0.1) is 11.3 Å². The zero-order valence-electron chi connectivity index (χ0n) is 11.2. The number of nitrogens with zero attached hydrogens (tertiary/aromatic N) is 4. The van der Waals surface area contributed by atoms with Gasteiger partial charge in [0.15, 0.2) is 0 Å². The molecule has 0 aliphatic carbocycles. The molecule has 102 valence electrons. The molecule has 1 aromatic carbocycles. The van der Waals surface area contributed by atoms with Crippen LogP contribution in [-0.2, 0) is 13.5 Å². The molecule has 0 amide bonds. The molecule has 6 nitrogen and oxygen atoms in total. The first kappa shape index (κ1) is 12.4. The van der Waals surface area contributed by atoms with Gasteiger partial charge in [-0.3, -0.25) is 4.68 Å². The third kappa shape index (κ3) is 2.16. The molecule has 3 aromatic rings. The van der Waals surface area contributed by atoms with E-state index in [-0.39, 0.29) is 5.75 Å². The van der Waals surface area contributed by atoms with Crippen LogP contribution in [-0.4, -0.2) is 25.0 Å². The Kier molecular flexibility index (Phi) is 2.98. The van der Waals surface area contributed by atoms with Crippen molar-refractivity contribution in [2.45, 2.75) is 13.3 Å². The molecule has 0 aliphatic rings. The maximum absolute atomic E-state index is 9.48. The van der Waals surface area contributed by atoms with Crippen molar-refractivity contribution in [3.63, 3.8) is 0 Å². The average Bonchev–Trinajstić information content (AvgIpc) is 3.04. The molecule has 6 heteroatoms. The fraction of sp³-hybridized carbons (Fsp3) is 0.214. The first-order chi connectivity index (χ1) is 9.67. The van der Waals surface area contributed by atoms with Crippen molar-refractivity contribution in [1.82, 2.24) is 19.9 Å². The first-order valence-corrected chi connectivity index (χ1v) is 6.33. The Bertz CT molecular complexity index is 745. The van der Waals surface area contributed by atoms with Gasteiger partial charge >= 0.3 is 0 Å². The molecule has 2 heterocycles. The minimum absolute atomic E-state index is 0.171. The van der Waals surface area contributed by atoms with Crippen LogP contribution in [0, 0.1) is 0 Å². The second-order valence-corrected chi connectivity index (χ2v) is 4.49. The maximum Gasteiger partial charge on any atom is 0.261 e. The van der Waals surface area contributed by atoms with Crippen molar-refractivity contribution in [2.75, 3.05) is 0 Å². The predicted octanol–water partition coefficient (Wildman–Crippen LogP) is 2.41. The summed E-state index contributed by atoms with van der Waals surface area (Å²) < 4.78 is 7.03. The SMILES string of the molecule is CCc1nn(C)cc1-c1nc(-c2cccc(O)c2)no1. The molecule has 0 aliphatic heterocycles. The summed E-state index contributed by atoms with van der Waals surface area (Å²) in [6, 6.07) is 6.75. The summed E-state index contributed by atoms with van der Waals surface area (Å²) in [5.41, 5.74) is 2.47. The van der Waals surface area contributed by atoms with E-state index in [0.29, 0.717) is 17.3 Å². The van der Waals surface area contributed by atoms with Crippen molar-refractivity contribution in [2.24, 2.45) is 7.05 Å². The lowest BCUT2D eigenvalue weighted by molar-refractivity contribution is 0.432. The molecule has 0 radical (unpaired) electrons. The van der Waals surface area contributed by atoms with Gasteiger partial charge in [-0.25, -0.2) is 0 Å². The summed E-state index contributed by atoms with van der Waals surface area (Å²) in [4.78, 5) is 4.37. The average molecular weight is 270 g/mol. The van der Waals surface area contributed by atoms with E-state index in [9.17, 15) is 5.11 Å². The van der Waals surface area contributed by atoms with E-state index >= 15 is 0 Å². The second-order valence-electron chi connectivity index (χ2n) is 4.49. The quantitative estimate of drug-likeness (QED) is 0.790. The van der Waals surface area contributed by atoms with Crippen LogP contribution in [0.15, 0.2) is 35.0 Å². The van der Waals surface area contributed by atoms with Crippen LogP contribution in [0.4, 0.5) is 0 Å². The first-order valence-electron chi connectivity index (χ1n) is 6.33. The number of aryl methyl sites for hydroxylation is 2. The largest absolute Gasteiger partial charge is 0.508 e. The van der Waals surface area contributed by atoms with Crippen LogP contribution in [0.2, 0.25) is 0 Å². The van der Waals surface area contributed by atoms with Crippen molar-refractivity contribution < 1.29 is 9.63 Å². The molecule has 0 bridgehead atoms. The third-order valence-electron chi connectivity index (χ3n) is 3.00.